The number of sulfone groups is 1. The van der Waals surface area contributed by atoms with Crippen molar-refractivity contribution in [3.63, 3.8) is 0 Å². The van der Waals surface area contributed by atoms with E-state index in [4.69, 9.17) is 23.2 Å². The third-order valence-electron chi connectivity index (χ3n) is 3.52. The molecule has 3 aromatic rings. The van der Waals surface area contributed by atoms with Crippen molar-refractivity contribution in [1.82, 2.24) is 9.78 Å². The van der Waals surface area contributed by atoms with E-state index in [9.17, 15) is 13.7 Å². The van der Waals surface area contributed by atoms with Gasteiger partial charge in [0.25, 0.3) is 0 Å². The number of nitrogens with zero attached hydrogens (tertiary/aromatic N) is 3. The minimum Gasteiger partial charge on any atom is -0.240 e. The molecule has 0 aliphatic rings. The van der Waals surface area contributed by atoms with E-state index in [-0.39, 0.29) is 9.80 Å². The highest BCUT2D eigenvalue weighted by molar-refractivity contribution is 7.95. The third kappa shape index (κ3) is 3.81. The molecular formula is C18H11Cl2N3O2S. The summed E-state index contributed by atoms with van der Waals surface area (Å²) in [5, 5.41) is 14.5. The number of nitriles is 1. The normalized spacial score (nSPS) is 12.0. The smallest absolute Gasteiger partial charge is 0.216 e. The molecule has 0 saturated heterocycles. The minimum absolute atomic E-state index is 0.000192. The Morgan fingerprint density at radius 3 is 2.19 bits per heavy atom. The Morgan fingerprint density at radius 2 is 1.62 bits per heavy atom. The van der Waals surface area contributed by atoms with Gasteiger partial charge < -0.3 is 0 Å². The van der Waals surface area contributed by atoms with Crippen molar-refractivity contribution in [2.45, 2.75) is 4.90 Å². The first kappa shape index (κ1) is 18.2. The molecule has 0 aliphatic carbocycles. The Hall–Kier alpha value is -2.59. The van der Waals surface area contributed by atoms with Gasteiger partial charge in [0.1, 0.15) is 11.0 Å². The van der Waals surface area contributed by atoms with E-state index in [1.807, 2.05) is 0 Å². The van der Waals surface area contributed by atoms with Gasteiger partial charge in [-0.05, 0) is 54.6 Å². The molecule has 1 aromatic heterocycles. The average Bonchev–Trinajstić information content (AvgIpc) is 3.09. The fourth-order valence-corrected chi connectivity index (χ4v) is 3.62. The first-order chi connectivity index (χ1) is 12.4. The van der Waals surface area contributed by atoms with Crippen LogP contribution in [0.5, 0.6) is 0 Å². The number of aromatic nitrogens is 2. The molecule has 0 unspecified atom stereocenters. The highest BCUT2D eigenvalue weighted by Gasteiger charge is 2.21. The molecule has 26 heavy (non-hydrogen) atoms. The molecular weight excluding hydrogens is 393 g/mol. The fraction of sp³-hybridized carbons (Fsp3) is 0. The average molecular weight is 404 g/mol. The molecule has 0 N–H and O–H groups in total. The second-order valence-corrected chi connectivity index (χ2v) is 8.06. The zero-order valence-corrected chi connectivity index (χ0v) is 15.5. The molecule has 0 radical (unpaired) electrons. The molecule has 130 valence electrons. The van der Waals surface area contributed by atoms with Crippen LogP contribution in [0.3, 0.4) is 0 Å². The Labute approximate surface area is 160 Å². The van der Waals surface area contributed by atoms with E-state index >= 15 is 0 Å². The summed E-state index contributed by atoms with van der Waals surface area (Å²) in [6.07, 6.45) is 4.38. The van der Waals surface area contributed by atoms with Crippen LogP contribution < -0.4 is 0 Å². The number of rotatable bonds is 4. The van der Waals surface area contributed by atoms with Gasteiger partial charge in [-0.1, -0.05) is 23.2 Å². The highest BCUT2D eigenvalue weighted by Crippen LogP contribution is 2.23. The molecule has 0 amide bonds. The summed E-state index contributed by atoms with van der Waals surface area (Å²) < 4.78 is 26.8. The maximum atomic E-state index is 12.6. The van der Waals surface area contributed by atoms with Gasteiger partial charge in [0.2, 0.25) is 9.84 Å². The van der Waals surface area contributed by atoms with Crippen molar-refractivity contribution in [2.24, 2.45) is 0 Å². The lowest BCUT2D eigenvalue weighted by Gasteiger charge is -2.02. The van der Waals surface area contributed by atoms with Crippen LogP contribution in [0.2, 0.25) is 10.0 Å². The van der Waals surface area contributed by atoms with Gasteiger partial charge >= 0.3 is 0 Å². The van der Waals surface area contributed by atoms with Crippen LogP contribution in [0.25, 0.3) is 11.8 Å². The Balaban J connectivity index is 1.96. The topological polar surface area (TPSA) is 75.8 Å². The molecule has 0 saturated carbocycles. The van der Waals surface area contributed by atoms with Crippen molar-refractivity contribution in [2.75, 3.05) is 0 Å². The predicted molar refractivity (Wildman–Crippen MR) is 101 cm³/mol. The van der Waals surface area contributed by atoms with Crippen LogP contribution in [0.15, 0.2) is 70.7 Å². The zero-order valence-electron chi connectivity index (χ0n) is 13.2. The van der Waals surface area contributed by atoms with Gasteiger partial charge in [-0.2, -0.15) is 10.4 Å². The van der Waals surface area contributed by atoms with Crippen LogP contribution in [0, 0.1) is 11.3 Å². The van der Waals surface area contributed by atoms with Crippen LogP contribution in [-0.4, -0.2) is 18.2 Å². The molecule has 8 heteroatoms. The maximum Gasteiger partial charge on any atom is 0.216 e. The van der Waals surface area contributed by atoms with Crippen LogP contribution in [0.4, 0.5) is 0 Å². The molecule has 3 rings (SSSR count). The Bertz CT molecular complexity index is 1110. The lowest BCUT2D eigenvalue weighted by Crippen LogP contribution is -2.03. The predicted octanol–water partition coefficient (Wildman–Crippen LogP) is 4.52. The summed E-state index contributed by atoms with van der Waals surface area (Å²) in [5.74, 6) is 0. The summed E-state index contributed by atoms with van der Waals surface area (Å²) in [7, 11) is -3.94. The van der Waals surface area contributed by atoms with Crippen molar-refractivity contribution in [3.8, 4) is 11.8 Å². The standard InChI is InChI=1S/C18H11Cl2N3O2S/c19-14-1-5-16(6-2-14)23-12-13(11-22-23)9-18(10-21)26(24,25)17-7-3-15(20)4-8-17/h1-9,11-12H/b18-9-. The fourth-order valence-electron chi connectivity index (χ4n) is 2.21. The molecule has 0 bridgehead atoms. The van der Waals surface area contributed by atoms with Gasteiger partial charge in [-0.15, -0.1) is 0 Å². The van der Waals surface area contributed by atoms with E-state index in [0.717, 1.165) is 5.69 Å². The zero-order chi connectivity index (χ0) is 18.7. The van der Waals surface area contributed by atoms with Crippen molar-refractivity contribution in [3.05, 3.63) is 81.4 Å². The van der Waals surface area contributed by atoms with Crippen molar-refractivity contribution < 1.29 is 8.42 Å². The SMILES string of the molecule is N#C/C(=C/c1cnn(-c2ccc(Cl)cc2)c1)S(=O)(=O)c1ccc(Cl)cc1. The third-order valence-corrected chi connectivity index (χ3v) is 5.70. The molecule has 1 heterocycles. The molecule has 0 atom stereocenters. The first-order valence-corrected chi connectivity index (χ1v) is 9.57. The van der Waals surface area contributed by atoms with E-state index < -0.39 is 9.84 Å². The number of hydrogen-bond acceptors (Lipinski definition) is 4. The summed E-state index contributed by atoms with van der Waals surface area (Å²) in [4.78, 5) is -0.379. The maximum absolute atomic E-state index is 12.6. The number of allylic oxidation sites excluding steroid dienone is 1. The largest absolute Gasteiger partial charge is 0.240 e. The minimum atomic E-state index is -3.94. The number of hydrogen-bond donors (Lipinski definition) is 0. The lowest BCUT2D eigenvalue weighted by molar-refractivity contribution is 0.603. The van der Waals surface area contributed by atoms with Crippen molar-refractivity contribution >= 4 is 39.1 Å². The van der Waals surface area contributed by atoms with Crippen LogP contribution >= 0.6 is 23.2 Å². The van der Waals surface area contributed by atoms with Crippen LogP contribution in [0.1, 0.15) is 5.56 Å². The summed E-state index contributed by atoms with van der Waals surface area (Å²) in [6, 6.07) is 14.4. The van der Waals surface area contributed by atoms with Crippen molar-refractivity contribution in [1.29, 1.82) is 5.26 Å². The van der Waals surface area contributed by atoms with Gasteiger partial charge in [0, 0.05) is 21.8 Å². The quantitative estimate of drug-likeness (QED) is 0.600. The van der Waals surface area contributed by atoms with E-state index in [1.54, 1.807) is 41.2 Å². The summed E-state index contributed by atoms with van der Waals surface area (Å²) in [5.41, 5.74) is 1.24. The molecule has 0 fully saturated rings. The lowest BCUT2D eigenvalue weighted by atomic mass is 10.3. The molecule has 5 nitrogen and oxygen atoms in total. The van der Waals surface area contributed by atoms with E-state index in [0.29, 0.717) is 15.6 Å². The van der Waals surface area contributed by atoms with Gasteiger partial charge in [-0.25, -0.2) is 13.1 Å². The summed E-state index contributed by atoms with van der Waals surface area (Å²) in [6.45, 7) is 0. The number of halogens is 2. The van der Waals surface area contributed by atoms with Gasteiger partial charge in [0.15, 0.2) is 0 Å². The summed E-state index contributed by atoms with van der Waals surface area (Å²) >= 11 is 11.6. The second-order valence-electron chi connectivity index (χ2n) is 5.27. The second kappa shape index (κ2) is 7.34. The number of benzene rings is 2. The first-order valence-electron chi connectivity index (χ1n) is 7.33. The van der Waals surface area contributed by atoms with E-state index in [2.05, 4.69) is 5.10 Å². The van der Waals surface area contributed by atoms with E-state index in [1.165, 1.54) is 36.5 Å². The molecule has 0 spiro atoms. The molecule has 0 aliphatic heterocycles. The Morgan fingerprint density at radius 1 is 1.04 bits per heavy atom. The highest BCUT2D eigenvalue weighted by atomic mass is 35.5. The monoisotopic (exact) mass is 403 g/mol. The van der Waals surface area contributed by atoms with Crippen LogP contribution in [-0.2, 0) is 9.84 Å². The van der Waals surface area contributed by atoms with Gasteiger partial charge in [-0.3, -0.25) is 0 Å². The molecule has 2 aromatic carbocycles. The van der Waals surface area contributed by atoms with Gasteiger partial charge in [0.05, 0.1) is 16.8 Å². The Kier molecular flexibility index (Phi) is 5.14.